The summed E-state index contributed by atoms with van der Waals surface area (Å²) < 4.78 is 5.17. The fourth-order valence-electron chi connectivity index (χ4n) is 1.89. The predicted octanol–water partition coefficient (Wildman–Crippen LogP) is 3.07. The van der Waals surface area contributed by atoms with E-state index in [1.54, 1.807) is 12.5 Å². The van der Waals surface area contributed by atoms with Gasteiger partial charge in [0.15, 0.2) is 0 Å². The Morgan fingerprint density at radius 1 is 1.35 bits per heavy atom. The number of aromatic nitrogens is 1. The fourth-order valence-corrected chi connectivity index (χ4v) is 1.89. The molecule has 3 heteroatoms. The zero-order valence-corrected chi connectivity index (χ0v) is 10.3. The van der Waals surface area contributed by atoms with Gasteiger partial charge >= 0.3 is 0 Å². The molecule has 2 aromatic rings. The van der Waals surface area contributed by atoms with Gasteiger partial charge in [-0.25, -0.2) is 0 Å². The number of furan rings is 1. The number of hydrogen-bond donors (Lipinski definition) is 1. The van der Waals surface area contributed by atoms with Gasteiger partial charge < -0.3 is 9.73 Å². The van der Waals surface area contributed by atoms with Crippen molar-refractivity contribution in [2.75, 3.05) is 6.54 Å². The second-order valence-corrected chi connectivity index (χ2v) is 4.24. The molecule has 1 atom stereocenters. The third-order valence-corrected chi connectivity index (χ3v) is 2.70. The average molecular weight is 230 g/mol. The molecule has 0 radical (unpaired) electrons. The van der Waals surface area contributed by atoms with Crippen LogP contribution in [0.15, 0.2) is 41.5 Å². The molecule has 0 aliphatic carbocycles. The van der Waals surface area contributed by atoms with E-state index in [1.165, 1.54) is 11.1 Å². The largest absolute Gasteiger partial charge is 0.472 e. The molecule has 0 spiro atoms. The standard InChI is InChI=1S/C14H18N2O/c1-3-5-16-14(12-4-6-17-10-12)13-7-11(2)8-15-9-13/h4,6-10,14,16H,3,5H2,1-2H3. The smallest absolute Gasteiger partial charge is 0.0953 e. The van der Waals surface area contributed by atoms with Gasteiger partial charge in [0.05, 0.1) is 18.6 Å². The Balaban J connectivity index is 2.27. The van der Waals surface area contributed by atoms with E-state index in [9.17, 15) is 0 Å². The van der Waals surface area contributed by atoms with Crippen molar-refractivity contribution in [2.45, 2.75) is 26.3 Å². The topological polar surface area (TPSA) is 38.1 Å². The minimum absolute atomic E-state index is 0.168. The first-order valence-electron chi connectivity index (χ1n) is 5.98. The lowest BCUT2D eigenvalue weighted by Gasteiger charge is -2.17. The van der Waals surface area contributed by atoms with Gasteiger partial charge in [-0.1, -0.05) is 13.0 Å². The first kappa shape index (κ1) is 11.9. The molecule has 1 unspecified atom stereocenters. The Bertz CT molecular complexity index is 451. The lowest BCUT2D eigenvalue weighted by molar-refractivity contribution is 0.548. The van der Waals surface area contributed by atoms with Crippen LogP contribution < -0.4 is 5.32 Å². The van der Waals surface area contributed by atoms with Gasteiger partial charge in [-0.3, -0.25) is 4.98 Å². The molecular formula is C14H18N2O. The number of rotatable bonds is 5. The predicted molar refractivity (Wildman–Crippen MR) is 67.8 cm³/mol. The highest BCUT2D eigenvalue weighted by Crippen LogP contribution is 2.22. The molecule has 2 heterocycles. The maximum atomic E-state index is 5.17. The minimum atomic E-state index is 0.168. The van der Waals surface area contributed by atoms with Crippen LogP contribution in [-0.4, -0.2) is 11.5 Å². The Kier molecular flexibility index (Phi) is 3.94. The van der Waals surface area contributed by atoms with Crippen molar-refractivity contribution < 1.29 is 4.42 Å². The molecule has 0 aliphatic heterocycles. The van der Waals surface area contributed by atoms with E-state index >= 15 is 0 Å². The maximum absolute atomic E-state index is 5.17. The van der Waals surface area contributed by atoms with Gasteiger partial charge in [-0.15, -0.1) is 0 Å². The molecule has 0 saturated carbocycles. The molecule has 0 aromatic carbocycles. The van der Waals surface area contributed by atoms with Crippen molar-refractivity contribution in [3.63, 3.8) is 0 Å². The summed E-state index contributed by atoms with van der Waals surface area (Å²) in [5.41, 5.74) is 3.50. The zero-order valence-electron chi connectivity index (χ0n) is 10.3. The summed E-state index contributed by atoms with van der Waals surface area (Å²) in [5, 5.41) is 3.52. The van der Waals surface area contributed by atoms with Gasteiger partial charge in [0.1, 0.15) is 0 Å². The van der Waals surface area contributed by atoms with Crippen LogP contribution in [0.25, 0.3) is 0 Å². The van der Waals surface area contributed by atoms with Crippen molar-refractivity contribution in [1.29, 1.82) is 0 Å². The highest BCUT2D eigenvalue weighted by atomic mass is 16.3. The molecule has 1 N–H and O–H groups in total. The summed E-state index contributed by atoms with van der Waals surface area (Å²) in [7, 11) is 0. The molecule has 0 saturated heterocycles. The molecule has 3 nitrogen and oxygen atoms in total. The maximum Gasteiger partial charge on any atom is 0.0953 e. The highest BCUT2D eigenvalue weighted by Gasteiger charge is 2.14. The van der Waals surface area contributed by atoms with Crippen LogP contribution in [0.1, 0.15) is 36.1 Å². The summed E-state index contributed by atoms with van der Waals surface area (Å²) in [6.45, 7) is 5.19. The lowest BCUT2D eigenvalue weighted by atomic mass is 10.0. The molecule has 17 heavy (non-hydrogen) atoms. The van der Waals surface area contributed by atoms with E-state index in [-0.39, 0.29) is 6.04 Å². The fraction of sp³-hybridized carbons (Fsp3) is 0.357. The molecule has 0 amide bonds. The van der Waals surface area contributed by atoms with Crippen LogP contribution in [0.4, 0.5) is 0 Å². The second kappa shape index (κ2) is 5.64. The van der Waals surface area contributed by atoms with Gasteiger partial charge in [0.2, 0.25) is 0 Å². The normalized spacial score (nSPS) is 12.6. The van der Waals surface area contributed by atoms with Crippen LogP contribution in [0.5, 0.6) is 0 Å². The van der Waals surface area contributed by atoms with Crippen molar-refractivity contribution in [3.8, 4) is 0 Å². The van der Waals surface area contributed by atoms with Gasteiger partial charge in [0, 0.05) is 18.0 Å². The van der Waals surface area contributed by atoms with Crippen LogP contribution in [-0.2, 0) is 0 Å². The Labute approximate surface area is 102 Å². The average Bonchev–Trinajstić information content (AvgIpc) is 2.83. The van der Waals surface area contributed by atoms with E-state index in [2.05, 4.69) is 30.2 Å². The number of pyridine rings is 1. The molecular weight excluding hydrogens is 212 g/mol. The molecule has 2 rings (SSSR count). The number of aryl methyl sites for hydroxylation is 1. The summed E-state index contributed by atoms with van der Waals surface area (Å²) in [6.07, 6.45) is 8.38. The summed E-state index contributed by atoms with van der Waals surface area (Å²) in [4.78, 5) is 4.25. The summed E-state index contributed by atoms with van der Waals surface area (Å²) in [5.74, 6) is 0. The second-order valence-electron chi connectivity index (χ2n) is 4.24. The number of nitrogens with zero attached hydrogens (tertiary/aromatic N) is 1. The van der Waals surface area contributed by atoms with Crippen LogP contribution in [0.3, 0.4) is 0 Å². The Hall–Kier alpha value is -1.61. The van der Waals surface area contributed by atoms with E-state index in [4.69, 9.17) is 4.42 Å². The quantitative estimate of drug-likeness (QED) is 0.857. The van der Waals surface area contributed by atoms with Crippen LogP contribution >= 0.6 is 0 Å². The van der Waals surface area contributed by atoms with Gasteiger partial charge in [-0.05, 0) is 37.1 Å². The number of hydrogen-bond acceptors (Lipinski definition) is 3. The van der Waals surface area contributed by atoms with Crippen molar-refractivity contribution >= 4 is 0 Å². The molecule has 0 bridgehead atoms. The van der Waals surface area contributed by atoms with E-state index in [0.717, 1.165) is 18.5 Å². The Morgan fingerprint density at radius 3 is 2.88 bits per heavy atom. The third-order valence-electron chi connectivity index (χ3n) is 2.70. The third kappa shape index (κ3) is 2.94. The van der Waals surface area contributed by atoms with Crippen molar-refractivity contribution in [3.05, 3.63) is 53.7 Å². The molecule has 0 aliphatic rings. The van der Waals surface area contributed by atoms with Crippen molar-refractivity contribution in [1.82, 2.24) is 10.3 Å². The molecule has 0 fully saturated rings. The monoisotopic (exact) mass is 230 g/mol. The SMILES string of the molecule is CCCNC(c1ccoc1)c1cncc(C)c1. The lowest BCUT2D eigenvalue weighted by Crippen LogP contribution is -2.23. The minimum Gasteiger partial charge on any atom is -0.472 e. The zero-order chi connectivity index (χ0) is 12.1. The van der Waals surface area contributed by atoms with Crippen LogP contribution in [0.2, 0.25) is 0 Å². The van der Waals surface area contributed by atoms with E-state index < -0.39 is 0 Å². The van der Waals surface area contributed by atoms with E-state index in [0.29, 0.717) is 0 Å². The molecule has 2 aromatic heterocycles. The highest BCUT2D eigenvalue weighted by molar-refractivity contribution is 5.29. The van der Waals surface area contributed by atoms with Crippen molar-refractivity contribution in [2.24, 2.45) is 0 Å². The van der Waals surface area contributed by atoms with Crippen LogP contribution in [0, 0.1) is 6.92 Å². The first-order valence-corrected chi connectivity index (χ1v) is 5.98. The van der Waals surface area contributed by atoms with Gasteiger partial charge in [0.25, 0.3) is 0 Å². The van der Waals surface area contributed by atoms with Gasteiger partial charge in [-0.2, -0.15) is 0 Å². The summed E-state index contributed by atoms with van der Waals surface area (Å²) >= 11 is 0. The first-order chi connectivity index (χ1) is 8.31. The van der Waals surface area contributed by atoms with E-state index in [1.807, 2.05) is 18.5 Å². The molecule has 90 valence electrons. The summed E-state index contributed by atoms with van der Waals surface area (Å²) in [6, 6.07) is 4.32. The Morgan fingerprint density at radius 2 is 2.24 bits per heavy atom. The number of nitrogens with one attached hydrogen (secondary N) is 1.